The lowest BCUT2D eigenvalue weighted by molar-refractivity contribution is -0.162. The molecule has 10 atom stereocenters. The number of carbonyl (C=O) groups excluding carboxylic acids is 1. The molecule has 34 heavy (non-hydrogen) atoms. The zero-order valence-corrected chi connectivity index (χ0v) is 24.6. The minimum atomic E-state index is -0.467. The molecule has 0 N–H and O–H groups in total. The van der Waals surface area contributed by atoms with Gasteiger partial charge in [0.1, 0.15) is 11.1 Å². The van der Waals surface area contributed by atoms with Gasteiger partial charge in [0.05, 0.1) is 5.92 Å². The summed E-state index contributed by atoms with van der Waals surface area (Å²) in [5.41, 5.74) is 0.596. The molecular weight excluding hydrogens is 535 g/mol. The van der Waals surface area contributed by atoms with Crippen LogP contribution in [0.4, 0.5) is 0 Å². The van der Waals surface area contributed by atoms with Crippen molar-refractivity contribution in [3.8, 4) is 0 Å². The molecule has 0 radical (unpaired) electrons. The molecule has 5 heteroatoms. The molecule has 0 spiro atoms. The number of ether oxygens (including phenoxy) is 1. The number of fused-ring (bicyclic) bond motifs is 5. The third-order valence-electron chi connectivity index (χ3n) is 11.3. The second-order valence-electron chi connectivity index (χ2n) is 13.6. The van der Waals surface area contributed by atoms with E-state index < -0.39 is 3.55 Å². The molecule has 4 nitrogen and oxygen atoms in total. The van der Waals surface area contributed by atoms with Crippen molar-refractivity contribution in [3.05, 3.63) is 4.98 Å². The van der Waals surface area contributed by atoms with Crippen LogP contribution in [-0.4, -0.2) is 15.6 Å². The Kier molecular flexibility index (Phi) is 7.71. The molecule has 0 saturated heterocycles. The van der Waals surface area contributed by atoms with Crippen LogP contribution >= 0.6 is 22.6 Å². The van der Waals surface area contributed by atoms with E-state index in [1.54, 1.807) is 0 Å². The Labute approximate surface area is 221 Å². The van der Waals surface area contributed by atoms with Gasteiger partial charge in [0.25, 0.3) is 0 Å². The Hall–Kier alpha value is -0.380. The molecule has 0 aromatic carbocycles. The molecule has 4 fully saturated rings. The maximum atomic E-state index is 11.7. The number of halogens is 1. The van der Waals surface area contributed by atoms with E-state index in [9.17, 15) is 10.2 Å². The van der Waals surface area contributed by atoms with Crippen molar-refractivity contribution < 1.29 is 9.53 Å². The van der Waals surface area contributed by atoms with Crippen molar-refractivity contribution in [2.75, 3.05) is 0 Å². The fourth-order valence-corrected chi connectivity index (χ4v) is 11.2. The van der Waals surface area contributed by atoms with Crippen molar-refractivity contribution >= 4 is 28.6 Å². The maximum absolute atomic E-state index is 11.7. The third kappa shape index (κ3) is 4.56. The van der Waals surface area contributed by atoms with Crippen LogP contribution in [0.25, 0.3) is 4.98 Å². The Morgan fingerprint density at radius 1 is 1.06 bits per heavy atom. The number of esters is 1. The molecule has 0 aromatic rings. The first-order chi connectivity index (χ1) is 15.9. The zero-order valence-electron chi connectivity index (χ0n) is 22.5. The smallest absolute Gasteiger partial charge is 0.372 e. The van der Waals surface area contributed by atoms with E-state index in [-0.39, 0.29) is 23.4 Å². The number of hydrogen-bond acceptors (Lipinski definition) is 3. The molecule has 0 bridgehead atoms. The lowest BCUT2D eigenvalue weighted by Gasteiger charge is -2.61. The standard InChI is InChI=1S/C29H48IN2O2/c1-18(2)8-7-9-19(3)23-10-11-24-22-17-29(30,32-31)26-16-21(34-20(4)33)12-14-28(26,6)25(22)13-15-27(23,24)5/h18-19,21-26H,7-17H2,1-6H3/q+1/t19-,21+,22?,23-,24?,25?,26+,27-,28-,29?/m1/s1. The van der Waals surface area contributed by atoms with Gasteiger partial charge < -0.3 is 4.74 Å². The predicted octanol–water partition coefficient (Wildman–Crippen LogP) is 8.63. The molecule has 4 aliphatic rings. The molecule has 0 amide bonds. The first-order valence-corrected chi connectivity index (χ1v) is 15.2. The van der Waals surface area contributed by atoms with Crippen LogP contribution in [0.3, 0.4) is 0 Å². The lowest BCUT2D eigenvalue weighted by atomic mass is 9.43. The van der Waals surface area contributed by atoms with E-state index in [0.29, 0.717) is 17.3 Å². The molecule has 4 aliphatic carbocycles. The average molecular weight is 584 g/mol. The zero-order chi connectivity index (χ0) is 24.9. The number of diazo groups is 1. The third-order valence-corrected chi connectivity index (χ3v) is 12.7. The van der Waals surface area contributed by atoms with E-state index in [4.69, 9.17) is 4.74 Å². The number of carbonyl (C=O) groups is 1. The summed E-state index contributed by atoms with van der Waals surface area (Å²) in [6, 6.07) is 0. The van der Waals surface area contributed by atoms with Gasteiger partial charge in [-0.1, -0.05) is 53.9 Å². The normalized spacial score (nSPS) is 46.7. The average Bonchev–Trinajstić information content (AvgIpc) is 3.11. The van der Waals surface area contributed by atoms with E-state index in [0.717, 1.165) is 49.4 Å². The van der Waals surface area contributed by atoms with Crippen LogP contribution in [0.1, 0.15) is 112 Å². The summed E-state index contributed by atoms with van der Waals surface area (Å²) in [4.78, 5) is 15.8. The molecule has 0 aliphatic heterocycles. The highest BCUT2D eigenvalue weighted by Crippen LogP contribution is 2.71. The second-order valence-corrected chi connectivity index (χ2v) is 15.5. The highest BCUT2D eigenvalue weighted by Gasteiger charge is 2.70. The lowest BCUT2D eigenvalue weighted by Crippen LogP contribution is -2.60. The molecule has 192 valence electrons. The highest BCUT2D eigenvalue weighted by molar-refractivity contribution is 14.1. The number of nitrogens with zero attached hydrogens (tertiary/aromatic N) is 2. The summed E-state index contributed by atoms with van der Waals surface area (Å²) >= 11 is 2.48. The predicted molar refractivity (Wildman–Crippen MR) is 146 cm³/mol. The first kappa shape index (κ1) is 26.7. The topological polar surface area (TPSA) is 54.5 Å². The Morgan fingerprint density at radius 2 is 1.74 bits per heavy atom. The van der Waals surface area contributed by atoms with Crippen molar-refractivity contribution in [1.29, 1.82) is 5.39 Å². The van der Waals surface area contributed by atoms with Crippen molar-refractivity contribution in [2.45, 2.75) is 122 Å². The van der Waals surface area contributed by atoms with E-state index >= 15 is 0 Å². The van der Waals surface area contributed by atoms with Gasteiger partial charge in [-0.15, -0.1) is 0 Å². The highest BCUT2D eigenvalue weighted by atomic mass is 127. The number of rotatable bonds is 6. The summed E-state index contributed by atoms with van der Waals surface area (Å²) < 4.78 is 5.20. The van der Waals surface area contributed by atoms with Gasteiger partial charge in [-0.3, -0.25) is 4.79 Å². The summed E-state index contributed by atoms with van der Waals surface area (Å²) in [5.74, 6) is 4.63. The van der Waals surface area contributed by atoms with Crippen molar-refractivity contribution in [3.63, 3.8) is 0 Å². The van der Waals surface area contributed by atoms with Gasteiger partial charge in [0.2, 0.25) is 5.39 Å². The minimum absolute atomic E-state index is 0.0283. The van der Waals surface area contributed by atoms with Crippen molar-refractivity contribution in [1.82, 2.24) is 0 Å². The summed E-state index contributed by atoms with van der Waals surface area (Å²) in [6.45, 7) is 13.9. The van der Waals surface area contributed by atoms with Crippen LogP contribution in [-0.2, 0) is 9.53 Å². The van der Waals surface area contributed by atoms with Gasteiger partial charge in [-0.05, 0) is 91.3 Å². The molecule has 0 aromatic heterocycles. The van der Waals surface area contributed by atoms with Crippen LogP contribution in [0.5, 0.6) is 0 Å². The van der Waals surface area contributed by atoms with Crippen LogP contribution in [0.15, 0.2) is 0 Å². The number of hydrogen-bond donors (Lipinski definition) is 0. The summed E-state index contributed by atoms with van der Waals surface area (Å²) in [6.07, 6.45) is 13.3. The maximum Gasteiger partial charge on any atom is 0.372 e. The second kappa shape index (κ2) is 9.82. The molecule has 4 rings (SSSR count). The Morgan fingerprint density at radius 3 is 2.38 bits per heavy atom. The largest absolute Gasteiger partial charge is 0.463 e. The van der Waals surface area contributed by atoms with Crippen LogP contribution in [0.2, 0.25) is 0 Å². The SMILES string of the molecule is CC(=O)O[C@H]1CC[C@]2(C)C3CC[C@@]4(C)C(CC[C@@H]4[C@H](C)CCCC(C)C)C3CC(I)([N+]#N)[C@H]2C1. The fraction of sp³-hybridized carbons (Fsp3) is 0.966. The summed E-state index contributed by atoms with van der Waals surface area (Å²) in [7, 11) is 0. The Balaban J connectivity index is 1.55. The van der Waals surface area contributed by atoms with E-state index in [1.807, 2.05) is 0 Å². The quantitative estimate of drug-likeness (QED) is 0.103. The van der Waals surface area contributed by atoms with E-state index in [1.165, 1.54) is 51.9 Å². The Bertz CT molecular complexity index is 810. The van der Waals surface area contributed by atoms with Crippen LogP contribution < -0.4 is 0 Å². The van der Waals surface area contributed by atoms with Crippen LogP contribution in [0, 0.1) is 57.6 Å². The van der Waals surface area contributed by atoms with Gasteiger partial charge in [0, 0.05) is 35.9 Å². The molecule has 4 unspecified atom stereocenters. The summed E-state index contributed by atoms with van der Waals surface area (Å²) in [5, 5.41) is 10.4. The van der Waals surface area contributed by atoms with Crippen molar-refractivity contribution in [2.24, 2.45) is 52.3 Å². The van der Waals surface area contributed by atoms with E-state index in [2.05, 4.69) is 62.2 Å². The van der Waals surface area contributed by atoms with Gasteiger partial charge in [-0.25, -0.2) is 0 Å². The fourth-order valence-electron chi connectivity index (χ4n) is 9.77. The first-order valence-electron chi connectivity index (χ1n) is 14.2. The minimum Gasteiger partial charge on any atom is -0.463 e. The molecular formula is C29H48IN2O2+. The van der Waals surface area contributed by atoms with Gasteiger partial charge in [-0.2, -0.15) is 0 Å². The number of alkyl halides is 1. The molecule has 0 heterocycles. The monoisotopic (exact) mass is 583 g/mol. The van der Waals surface area contributed by atoms with Gasteiger partial charge in [0.15, 0.2) is 0 Å². The molecule has 4 saturated carbocycles. The van der Waals surface area contributed by atoms with Gasteiger partial charge >= 0.3 is 9.51 Å².